The molecule has 2 nitrogen and oxygen atoms in total. The minimum Gasteiger partial charge on any atom is -0.506 e. The quantitative estimate of drug-likeness (QED) is 0.829. The molecule has 1 aliphatic rings. The molecule has 1 aromatic rings. The number of phenols is 1. The van der Waals surface area contributed by atoms with E-state index in [1.807, 2.05) is 12.1 Å². The fraction of sp³-hybridized carbons (Fsp3) is 0.500. The summed E-state index contributed by atoms with van der Waals surface area (Å²) in [4.78, 5) is 0. The van der Waals surface area contributed by atoms with Gasteiger partial charge in [0.1, 0.15) is 5.75 Å². The third-order valence-corrected chi connectivity index (χ3v) is 3.33. The molecule has 0 aromatic heterocycles. The number of hydrogen-bond acceptors (Lipinski definition) is 2. The number of rotatable bonds is 3. The summed E-state index contributed by atoms with van der Waals surface area (Å²) in [5, 5.41) is 13.5. The maximum absolute atomic E-state index is 9.68. The summed E-state index contributed by atoms with van der Waals surface area (Å²) in [6, 6.07) is 6.07. The maximum atomic E-state index is 9.68. The summed E-state index contributed by atoms with van der Waals surface area (Å²) in [6.07, 6.45) is 2.47. The number of halogens is 1. The Morgan fingerprint density at radius 3 is 2.87 bits per heavy atom. The molecule has 0 amide bonds. The molecule has 0 radical (unpaired) electrons. The zero-order valence-corrected chi connectivity index (χ0v) is 9.59. The third kappa shape index (κ3) is 2.44. The number of para-hydroxylation sites is 1. The molecule has 1 saturated carbocycles. The van der Waals surface area contributed by atoms with Gasteiger partial charge < -0.3 is 10.4 Å². The molecule has 1 aliphatic carbocycles. The fourth-order valence-electron chi connectivity index (χ4n) is 2.03. The van der Waals surface area contributed by atoms with E-state index in [0.717, 1.165) is 11.5 Å². The van der Waals surface area contributed by atoms with Gasteiger partial charge in [0.15, 0.2) is 0 Å². The molecule has 0 unspecified atom stereocenters. The second-order valence-corrected chi connectivity index (χ2v) is 4.81. The van der Waals surface area contributed by atoms with Gasteiger partial charge in [0.05, 0.1) is 5.02 Å². The molecule has 0 spiro atoms. The van der Waals surface area contributed by atoms with Crippen LogP contribution in [-0.4, -0.2) is 11.1 Å². The average molecular weight is 226 g/mol. The summed E-state index contributed by atoms with van der Waals surface area (Å²) in [5.74, 6) is 1.05. The molecular formula is C12H16ClNO. The number of phenolic OH excluding ortho intramolecular Hbond substituents is 1. The zero-order chi connectivity index (χ0) is 10.8. The van der Waals surface area contributed by atoms with Crippen LogP contribution in [0.5, 0.6) is 5.75 Å². The first-order valence-electron chi connectivity index (χ1n) is 5.36. The molecular weight excluding hydrogens is 210 g/mol. The number of nitrogens with one attached hydrogen (secondary N) is 1. The third-order valence-electron chi connectivity index (χ3n) is 3.03. The van der Waals surface area contributed by atoms with E-state index in [1.165, 1.54) is 12.8 Å². The van der Waals surface area contributed by atoms with Gasteiger partial charge in [0.2, 0.25) is 0 Å². The van der Waals surface area contributed by atoms with E-state index < -0.39 is 0 Å². The molecule has 2 rings (SSSR count). The van der Waals surface area contributed by atoms with Crippen molar-refractivity contribution < 1.29 is 5.11 Å². The highest BCUT2D eigenvalue weighted by Gasteiger charge is 2.24. The number of aromatic hydroxyl groups is 1. The van der Waals surface area contributed by atoms with E-state index >= 15 is 0 Å². The first-order valence-corrected chi connectivity index (χ1v) is 5.74. The van der Waals surface area contributed by atoms with E-state index in [2.05, 4.69) is 12.2 Å². The molecule has 2 N–H and O–H groups in total. The Morgan fingerprint density at radius 1 is 1.47 bits per heavy atom. The van der Waals surface area contributed by atoms with Crippen LogP contribution in [0.4, 0.5) is 0 Å². The highest BCUT2D eigenvalue weighted by atomic mass is 35.5. The highest BCUT2D eigenvalue weighted by Crippen LogP contribution is 2.29. The van der Waals surface area contributed by atoms with Gasteiger partial charge in [-0.05, 0) is 24.8 Å². The average Bonchev–Trinajstić information content (AvgIpc) is 2.17. The molecule has 0 saturated heterocycles. The molecule has 3 heteroatoms. The van der Waals surface area contributed by atoms with Gasteiger partial charge in [-0.2, -0.15) is 0 Å². The van der Waals surface area contributed by atoms with Crippen molar-refractivity contribution in [2.75, 3.05) is 0 Å². The van der Waals surface area contributed by atoms with Gasteiger partial charge in [-0.3, -0.25) is 0 Å². The first kappa shape index (κ1) is 10.8. The molecule has 0 atom stereocenters. The SMILES string of the molecule is CC1CC(NCc2cccc(Cl)c2O)C1. The monoisotopic (exact) mass is 225 g/mol. The van der Waals surface area contributed by atoms with Crippen LogP contribution in [0.3, 0.4) is 0 Å². The lowest BCUT2D eigenvalue weighted by Crippen LogP contribution is -2.39. The van der Waals surface area contributed by atoms with Crippen molar-refractivity contribution in [3.8, 4) is 5.75 Å². The maximum Gasteiger partial charge on any atom is 0.138 e. The predicted molar refractivity (Wildman–Crippen MR) is 62.1 cm³/mol. The Bertz CT molecular complexity index is 347. The number of hydrogen-bond donors (Lipinski definition) is 2. The van der Waals surface area contributed by atoms with Crippen molar-refractivity contribution in [2.45, 2.75) is 32.4 Å². The van der Waals surface area contributed by atoms with Crippen molar-refractivity contribution in [1.82, 2.24) is 5.32 Å². The Morgan fingerprint density at radius 2 is 2.20 bits per heavy atom. The van der Waals surface area contributed by atoms with Crippen LogP contribution >= 0.6 is 11.6 Å². The molecule has 0 aliphatic heterocycles. The van der Waals surface area contributed by atoms with E-state index in [4.69, 9.17) is 11.6 Å². The Hall–Kier alpha value is -0.730. The summed E-state index contributed by atoms with van der Waals surface area (Å²) >= 11 is 5.82. The summed E-state index contributed by atoms with van der Waals surface area (Å²) in [7, 11) is 0. The van der Waals surface area contributed by atoms with Crippen molar-refractivity contribution in [3.63, 3.8) is 0 Å². The lowest BCUT2D eigenvalue weighted by molar-refractivity contribution is 0.239. The Labute approximate surface area is 95.3 Å². The van der Waals surface area contributed by atoms with Crippen LogP contribution < -0.4 is 5.32 Å². The Kier molecular flexibility index (Phi) is 3.17. The van der Waals surface area contributed by atoms with Gasteiger partial charge >= 0.3 is 0 Å². The summed E-state index contributed by atoms with van der Waals surface area (Å²) in [6.45, 7) is 2.96. The Balaban J connectivity index is 1.91. The molecule has 15 heavy (non-hydrogen) atoms. The summed E-state index contributed by atoms with van der Waals surface area (Å²) in [5.41, 5.74) is 0.877. The fourth-order valence-corrected chi connectivity index (χ4v) is 2.22. The van der Waals surface area contributed by atoms with Crippen molar-refractivity contribution >= 4 is 11.6 Å². The van der Waals surface area contributed by atoms with Crippen LogP contribution in [0.2, 0.25) is 5.02 Å². The second-order valence-electron chi connectivity index (χ2n) is 4.40. The van der Waals surface area contributed by atoms with Crippen LogP contribution in [-0.2, 0) is 6.54 Å². The second kappa shape index (κ2) is 4.42. The van der Waals surface area contributed by atoms with Gasteiger partial charge in [-0.25, -0.2) is 0 Å². The van der Waals surface area contributed by atoms with Crippen molar-refractivity contribution in [1.29, 1.82) is 0 Å². The van der Waals surface area contributed by atoms with Crippen LogP contribution in [0.1, 0.15) is 25.3 Å². The standard InChI is InChI=1S/C12H16ClNO/c1-8-5-10(6-8)14-7-9-3-2-4-11(13)12(9)15/h2-4,8,10,14-15H,5-7H2,1H3. The van der Waals surface area contributed by atoms with Gasteiger partial charge in [-0.15, -0.1) is 0 Å². The van der Waals surface area contributed by atoms with Crippen molar-refractivity contribution in [3.05, 3.63) is 28.8 Å². The van der Waals surface area contributed by atoms with Crippen LogP contribution in [0.15, 0.2) is 18.2 Å². The lowest BCUT2D eigenvalue weighted by atomic mass is 9.82. The molecule has 1 aromatic carbocycles. The van der Waals surface area contributed by atoms with Gasteiger partial charge in [0, 0.05) is 18.2 Å². The topological polar surface area (TPSA) is 32.3 Å². The lowest BCUT2D eigenvalue weighted by Gasteiger charge is -2.33. The predicted octanol–water partition coefficient (Wildman–Crippen LogP) is 2.93. The van der Waals surface area contributed by atoms with Crippen molar-refractivity contribution in [2.24, 2.45) is 5.92 Å². The van der Waals surface area contributed by atoms with Gasteiger partial charge in [-0.1, -0.05) is 30.7 Å². The molecule has 82 valence electrons. The normalized spacial score (nSPS) is 24.9. The minimum absolute atomic E-state index is 0.207. The molecule has 0 heterocycles. The van der Waals surface area contributed by atoms with E-state index in [1.54, 1.807) is 6.07 Å². The zero-order valence-electron chi connectivity index (χ0n) is 8.83. The number of benzene rings is 1. The largest absolute Gasteiger partial charge is 0.506 e. The molecule has 0 bridgehead atoms. The summed E-state index contributed by atoms with van der Waals surface area (Å²) < 4.78 is 0. The van der Waals surface area contributed by atoms with Crippen LogP contribution in [0, 0.1) is 5.92 Å². The molecule has 1 fully saturated rings. The van der Waals surface area contributed by atoms with Crippen LogP contribution in [0.25, 0.3) is 0 Å². The minimum atomic E-state index is 0.207. The first-order chi connectivity index (χ1) is 7.16. The van der Waals surface area contributed by atoms with E-state index in [9.17, 15) is 5.11 Å². The van der Waals surface area contributed by atoms with E-state index in [0.29, 0.717) is 17.6 Å². The highest BCUT2D eigenvalue weighted by molar-refractivity contribution is 6.32. The van der Waals surface area contributed by atoms with E-state index in [-0.39, 0.29) is 5.75 Å². The smallest absolute Gasteiger partial charge is 0.138 e. The van der Waals surface area contributed by atoms with Gasteiger partial charge in [0.25, 0.3) is 0 Å².